The van der Waals surface area contributed by atoms with E-state index in [2.05, 4.69) is 14.9 Å². The number of H-pyrrole nitrogens is 1. The third kappa shape index (κ3) is 4.69. The summed E-state index contributed by atoms with van der Waals surface area (Å²) in [6.07, 6.45) is 6.01. The van der Waals surface area contributed by atoms with Crippen molar-refractivity contribution in [3.63, 3.8) is 0 Å². The van der Waals surface area contributed by atoms with Crippen molar-refractivity contribution in [2.24, 2.45) is 5.92 Å². The van der Waals surface area contributed by atoms with Gasteiger partial charge in [0, 0.05) is 40.7 Å². The second kappa shape index (κ2) is 9.63. The topological polar surface area (TPSA) is 58.2 Å². The number of benzene rings is 2. The molecule has 178 valence electrons. The van der Waals surface area contributed by atoms with Gasteiger partial charge >= 0.3 is 0 Å². The Labute approximate surface area is 210 Å². The SMILES string of the molecule is CC(C)Oc1ccc(-c2cc(Cl)c(CC3CCN(C4CCc5nc[nH]c5C4)C3=O)c(Cl)c2)cc1. The summed E-state index contributed by atoms with van der Waals surface area (Å²) in [7, 11) is 0. The number of amides is 1. The summed E-state index contributed by atoms with van der Waals surface area (Å²) in [6, 6.07) is 12.0. The number of likely N-dealkylation sites (tertiary alicyclic amines) is 1. The first-order valence-electron chi connectivity index (χ1n) is 12.0. The molecule has 3 aromatic rings. The van der Waals surface area contributed by atoms with Gasteiger partial charge < -0.3 is 14.6 Å². The lowest BCUT2D eigenvalue weighted by Gasteiger charge is -2.31. The van der Waals surface area contributed by atoms with Crippen LogP contribution < -0.4 is 4.74 Å². The van der Waals surface area contributed by atoms with Gasteiger partial charge in [0.05, 0.1) is 18.1 Å². The zero-order chi connectivity index (χ0) is 23.8. The third-order valence-electron chi connectivity index (χ3n) is 6.90. The Morgan fingerprint density at radius 1 is 1.12 bits per heavy atom. The Hall–Kier alpha value is -2.50. The Morgan fingerprint density at radius 3 is 2.56 bits per heavy atom. The van der Waals surface area contributed by atoms with E-state index in [4.69, 9.17) is 27.9 Å². The van der Waals surface area contributed by atoms with Crippen molar-refractivity contribution in [2.45, 2.75) is 58.1 Å². The number of rotatable bonds is 6. The van der Waals surface area contributed by atoms with Crippen LogP contribution in [0, 0.1) is 5.92 Å². The standard InChI is InChI=1S/C27H29Cl2N3O2/c1-16(2)34-21-6-3-17(4-7-21)19-12-23(28)22(24(29)13-19)11-18-9-10-32(27(18)33)20-5-8-25-26(14-20)31-15-30-25/h3-4,6-7,12-13,15-16,18,20H,5,8-11,14H2,1-2H3,(H,30,31). The predicted octanol–water partition coefficient (Wildman–Crippen LogP) is 6.12. The average molecular weight is 498 g/mol. The summed E-state index contributed by atoms with van der Waals surface area (Å²) >= 11 is 13.4. The molecule has 5 nitrogen and oxygen atoms in total. The molecule has 1 N–H and O–H groups in total. The fourth-order valence-electron chi connectivity index (χ4n) is 5.17. The smallest absolute Gasteiger partial charge is 0.226 e. The van der Waals surface area contributed by atoms with Crippen LogP contribution >= 0.6 is 23.2 Å². The first kappa shape index (κ1) is 23.3. The number of aromatic amines is 1. The second-order valence-corrected chi connectivity index (χ2v) is 10.4. The Balaban J connectivity index is 1.28. The van der Waals surface area contributed by atoms with E-state index >= 15 is 0 Å². The Bertz CT molecular complexity index is 1170. The van der Waals surface area contributed by atoms with Crippen molar-refractivity contribution in [1.82, 2.24) is 14.9 Å². The maximum absolute atomic E-state index is 13.3. The quantitative estimate of drug-likeness (QED) is 0.446. The maximum Gasteiger partial charge on any atom is 0.226 e. The van der Waals surface area contributed by atoms with Crippen molar-refractivity contribution in [1.29, 1.82) is 0 Å². The molecule has 7 heteroatoms. The van der Waals surface area contributed by atoms with E-state index in [1.54, 1.807) is 6.33 Å². The van der Waals surface area contributed by atoms with Crippen LogP contribution in [0.4, 0.5) is 0 Å². The predicted molar refractivity (Wildman–Crippen MR) is 136 cm³/mol. The van der Waals surface area contributed by atoms with Crippen LogP contribution in [0.2, 0.25) is 10.0 Å². The summed E-state index contributed by atoms with van der Waals surface area (Å²) in [5.41, 5.74) is 5.13. The van der Waals surface area contributed by atoms with Gasteiger partial charge in [0.15, 0.2) is 0 Å². The molecule has 0 bridgehead atoms. The van der Waals surface area contributed by atoms with Crippen molar-refractivity contribution in [2.75, 3.05) is 6.54 Å². The van der Waals surface area contributed by atoms with Crippen molar-refractivity contribution >= 4 is 29.1 Å². The first-order valence-corrected chi connectivity index (χ1v) is 12.7. The molecule has 1 aliphatic carbocycles. The molecule has 2 aliphatic rings. The van der Waals surface area contributed by atoms with Gasteiger partial charge in [-0.3, -0.25) is 4.79 Å². The normalized spacial score (nSPS) is 20.1. The number of hydrogen-bond donors (Lipinski definition) is 1. The number of aromatic nitrogens is 2. The largest absolute Gasteiger partial charge is 0.491 e. The van der Waals surface area contributed by atoms with E-state index in [9.17, 15) is 4.79 Å². The summed E-state index contributed by atoms with van der Waals surface area (Å²) in [5, 5.41) is 1.21. The van der Waals surface area contributed by atoms with Crippen LogP contribution in [0.3, 0.4) is 0 Å². The molecule has 1 saturated heterocycles. The molecule has 0 spiro atoms. The summed E-state index contributed by atoms with van der Waals surface area (Å²) in [5.74, 6) is 0.958. The van der Waals surface area contributed by atoms with E-state index < -0.39 is 0 Å². The van der Waals surface area contributed by atoms with Gasteiger partial charge in [0.2, 0.25) is 5.91 Å². The van der Waals surface area contributed by atoms with Gasteiger partial charge in [-0.05, 0) is 80.5 Å². The molecule has 1 fully saturated rings. The highest BCUT2D eigenvalue weighted by Gasteiger charge is 2.38. The van der Waals surface area contributed by atoms with Crippen LogP contribution in [-0.2, 0) is 24.1 Å². The lowest BCUT2D eigenvalue weighted by molar-refractivity contribution is -0.133. The Kier molecular flexibility index (Phi) is 6.59. The van der Waals surface area contributed by atoms with Crippen LogP contribution in [0.5, 0.6) is 5.75 Å². The van der Waals surface area contributed by atoms with E-state index in [1.165, 1.54) is 0 Å². The number of carbonyl (C=O) groups is 1. The fourth-order valence-corrected chi connectivity index (χ4v) is 5.81. The molecule has 5 rings (SSSR count). The number of fused-ring (bicyclic) bond motifs is 1. The molecule has 2 unspecified atom stereocenters. The zero-order valence-corrected chi connectivity index (χ0v) is 21.0. The summed E-state index contributed by atoms with van der Waals surface area (Å²) < 4.78 is 5.73. The van der Waals surface area contributed by atoms with Crippen LogP contribution in [-0.4, -0.2) is 39.5 Å². The number of carbonyl (C=O) groups excluding carboxylic acids is 1. The maximum atomic E-state index is 13.3. The Morgan fingerprint density at radius 2 is 1.85 bits per heavy atom. The van der Waals surface area contributed by atoms with E-state index in [-0.39, 0.29) is 24.0 Å². The van der Waals surface area contributed by atoms with Gasteiger partial charge in [-0.25, -0.2) is 4.98 Å². The van der Waals surface area contributed by atoms with Gasteiger partial charge in [-0.15, -0.1) is 0 Å². The van der Waals surface area contributed by atoms with Crippen LogP contribution in [0.1, 0.15) is 43.6 Å². The van der Waals surface area contributed by atoms with Gasteiger partial charge in [-0.2, -0.15) is 0 Å². The van der Waals surface area contributed by atoms with Crippen molar-refractivity contribution in [3.8, 4) is 16.9 Å². The van der Waals surface area contributed by atoms with Gasteiger partial charge in [-0.1, -0.05) is 35.3 Å². The zero-order valence-electron chi connectivity index (χ0n) is 19.5. The second-order valence-electron chi connectivity index (χ2n) is 9.56. The molecule has 2 heterocycles. The number of halogens is 2. The number of nitrogens with one attached hydrogen (secondary N) is 1. The molecule has 1 aliphatic heterocycles. The number of ether oxygens (including phenoxy) is 1. The lowest BCUT2D eigenvalue weighted by Crippen LogP contribution is -2.41. The lowest BCUT2D eigenvalue weighted by atomic mass is 9.94. The number of hydrogen-bond acceptors (Lipinski definition) is 3. The number of nitrogens with zero attached hydrogens (tertiary/aromatic N) is 2. The monoisotopic (exact) mass is 497 g/mol. The first-order chi connectivity index (χ1) is 16.4. The van der Waals surface area contributed by atoms with Crippen LogP contribution in [0.15, 0.2) is 42.7 Å². The highest BCUT2D eigenvalue weighted by Crippen LogP contribution is 2.36. The molecule has 1 amide bonds. The molecule has 0 saturated carbocycles. The van der Waals surface area contributed by atoms with E-state index in [1.807, 2.05) is 50.2 Å². The van der Waals surface area contributed by atoms with Gasteiger partial charge in [0.25, 0.3) is 0 Å². The minimum atomic E-state index is -0.0866. The number of imidazole rings is 1. The highest BCUT2D eigenvalue weighted by atomic mass is 35.5. The van der Waals surface area contributed by atoms with E-state index in [0.717, 1.165) is 66.1 Å². The summed E-state index contributed by atoms with van der Waals surface area (Å²) in [4.78, 5) is 22.9. The average Bonchev–Trinajstić information content (AvgIpc) is 3.42. The number of aryl methyl sites for hydroxylation is 1. The molecule has 2 atom stereocenters. The minimum absolute atomic E-state index is 0.0866. The molecule has 2 aromatic carbocycles. The van der Waals surface area contributed by atoms with E-state index in [0.29, 0.717) is 16.5 Å². The fraction of sp³-hybridized carbons (Fsp3) is 0.407. The molecule has 34 heavy (non-hydrogen) atoms. The van der Waals surface area contributed by atoms with Crippen LogP contribution in [0.25, 0.3) is 11.1 Å². The van der Waals surface area contributed by atoms with Crippen molar-refractivity contribution < 1.29 is 9.53 Å². The highest BCUT2D eigenvalue weighted by molar-refractivity contribution is 6.36. The van der Waals surface area contributed by atoms with Crippen molar-refractivity contribution in [3.05, 3.63) is 69.7 Å². The third-order valence-corrected chi connectivity index (χ3v) is 7.58. The summed E-state index contributed by atoms with van der Waals surface area (Å²) in [6.45, 7) is 4.80. The minimum Gasteiger partial charge on any atom is -0.491 e. The molecular weight excluding hydrogens is 469 g/mol. The molecular formula is C27H29Cl2N3O2. The van der Waals surface area contributed by atoms with Gasteiger partial charge in [0.1, 0.15) is 5.75 Å². The molecule has 0 radical (unpaired) electrons. The molecule has 1 aromatic heterocycles.